The summed E-state index contributed by atoms with van der Waals surface area (Å²) < 4.78 is 1.79. The number of hydrogen-bond acceptors (Lipinski definition) is 5. The van der Waals surface area contributed by atoms with E-state index >= 15 is 0 Å². The second kappa shape index (κ2) is 6.15. The van der Waals surface area contributed by atoms with Gasteiger partial charge in [-0.2, -0.15) is 5.10 Å². The molecule has 146 valence electrons. The van der Waals surface area contributed by atoms with Crippen molar-refractivity contribution in [2.45, 2.75) is 18.4 Å². The fourth-order valence-electron chi connectivity index (χ4n) is 4.50. The van der Waals surface area contributed by atoms with E-state index in [-0.39, 0.29) is 11.4 Å². The zero-order valence-electron chi connectivity index (χ0n) is 16.1. The van der Waals surface area contributed by atoms with Crippen LogP contribution in [-0.2, 0) is 0 Å². The maximum atomic E-state index is 13.3. The van der Waals surface area contributed by atoms with Crippen molar-refractivity contribution in [3.8, 4) is 0 Å². The highest BCUT2D eigenvalue weighted by Gasteiger charge is 2.46. The van der Waals surface area contributed by atoms with Gasteiger partial charge in [0.25, 0.3) is 5.91 Å². The van der Waals surface area contributed by atoms with Crippen molar-refractivity contribution >= 4 is 22.8 Å². The minimum Gasteiger partial charge on any atom is -0.366 e. The lowest BCUT2D eigenvalue weighted by Gasteiger charge is -2.33. The summed E-state index contributed by atoms with van der Waals surface area (Å²) in [5.41, 5.74) is 4.97. The molecular weight excluding hydrogens is 364 g/mol. The van der Waals surface area contributed by atoms with E-state index in [9.17, 15) is 4.79 Å². The maximum Gasteiger partial charge on any atom is 0.257 e. The van der Waals surface area contributed by atoms with E-state index in [1.165, 1.54) is 0 Å². The average molecular weight is 386 g/mol. The van der Waals surface area contributed by atoms with E-state index in [1.54, 1.807) is 16.9 Å². The van der Waals surface area contributed by atoms with Crippen molar-refractivity contribution in [1.82, 2.24) is 24.8 Å². The fraction of sp³-hybridized carbons (Fsp3) is 0.318. The van der Waals surface area contributed by atoms with Gasteiger partial charge in [-0.1, -0.05) is 6.08 Å². The molecular formula is C22H22N6O. The summed E-state index contributed by atoms with van der Waals surface area (Å²) in [6.45, 7) is 3.13. The number of nitrogens with one attached hydrogen (secondary N) is 2. The molecule has 3 aromatic heterocycles. The Balaban J connectivity index is 1.38. The summed E-state index contributed by atoms with van der Waals surface area (Å²) in [6, 6.07) is 8.14. The molecule has 1 amide bonds. The van der Waals surface area contributed by atoms with Crippen LogP contribution < -0.4 is 10.6 Å². The van der Waals surface area contributed by atoms with E-state index in [2.05, 4.69) is 38.9 Å². The van der Waals surface area contributed by atoms with Gasteiger partial charge in [0.15, 0.2) is 0 Å². The number of amides is 1. The Kier molecular flexibility index (Phi) is 3.55. The van der Waals surface area contributed by atoms with Gasteiger partial charge in [-0.25, -0.2) is 9.50 Å². The Morgan fingerprint density at radius 2 is 2.17 bits per heavy atom. The van der Waals surface area contributed by atoms with Crippen LogP contribution in [0.3, 0.4) is 0 Å². The van der Waals surface area contributed by atoms with Gasteiger partial charge in [-0.05, 0) is 48.2 Å². The first kappa shape index (κ1) is 16.7. The highest BCUT2D eigenvalue weighted by molar-refractivity contribution is 6.01. The molecule has 7 heteroatoms. The molecule has 0 atom stereocenters. The predicted molar refractivity (Wildman–Crippen MR) is 111 cm³/mol. The van der Waals surface area contributed by atoms with Crippen LogP contribution in [0.1, 0.15) is 34.3 Å². The Morgan fingerprint density at radius 1 is 1.24 bits per heavy atom. The summed E-state index contributed by atoms with van der Waals surface area (Å²) >= 11 is 0. The molecule has 1 saturated heterocycles. The first-order valence-electron chi connectivity index (χ1n) is 10.1. The van der Waals surface area contributed by atoms with Crippen molar-refractivity contribution in [2.75, 3.05) is 31.5 Å². The van der Waals surface area contributed by atoms with Crippen molar-refractivity contribution in [3.63, 3.8) is 0 Å². The summed E-state index contributed by atoms with van der Waals surface area (Å²) in [6.07, 6.45) is 9.92. The van der Waals surface area contributed by atoms with E-state index in [0.29, 0.717) is 5.56 Å². The molecule has 3 aliphatic rings. The van der Waals surface area contributed by atoms with Gasteiger partial charge in [0.1, 0.15) is 5.82 Å². The van der Waals surface area contributed by atoms with Crippen LogP contribution in [0.2, 0.25) is 0 Å². The van der Waals surface area contributed by atoms with E-state index in [1.807, 2.05) is 23.2 Å². The number of pyridine rings is 2. The minimum absolute atomic E-state index is 0.0753. The topological polar surface area (TPSA) is 74.6 Å². The first-order chi connectivity index (χ1) is 14.2. The number of hydrogen-bond donors (Lipinski definition) is 2. The summed E-state index contributed by atoms with van der Waals surface area (Å²) in [7, 11) is 0. The average Bonchev–Trinajstić information content (AvgIpc) is 3.37. The van der Waals surface area contributed by atoms with Gasteiger partial charge in [0.2, 0.25) is 0 Å². The molecule has 5 heterocycles. The molecule has 1 spiro atoms. The molecule has 3 aromatic rings. The molecule has 0 bridgehead atoms. The van der Waals surface area contributed by atoms with Gasteiger partial charge in [-0.15, -0.1) is 0 Å². The Bertz CT molecular complexity index is 1160. The summed E-state index contributed by atoms with van der Waals surface area (Å²) in [4.78, 5) is 19.7. The molecule has 0 radical (unpaired) electrons. The van der Waals surface area contributed by atoms with Crippen LogP contribution in [-0.4, -0.2) is 57.1 Å². The number of nitrogens with zero attached hydrogens (tertiary/aromatic N) is 4. The van der Waals surface area contributed by atoms with Crippen molar-refractivity contribution in [1.29, 1.82) is 0 Å². The van der Waals surface area contributed by atoms with Crippen LogP contribution in [0.4, 0.5) is 5.82 Å². The third-order valence-electron chi connectivity index (χ3n) is 6.25. The number of aromatic nitrogens is 3. The SMILES string of the molecule is O=C(c1cnn2ccc(C3=CCNc4ncccc43)cc12)N1CCNC2(CC2)C1. The maximum absolute atomic E-state index is 13.3. The molecule has 0 aromatic carbocycles. The predicted octanol–water partition coefficient (Wildman–Crippen LogP) is 2.16. The fourth-order valence-corrected chi connectivity index (χ4v) is 4.50. The van der Waals surface area contributed by atoms with Crippen LogP contribution >= 0.6 is 0 Å². The normalized spacial score (nSPS) is 19.6. The Hall–Kier alpha value is -3.19. The first-order valence-corrected chi connectivity index (χ1v) is 10.1. The molecule has 6 rings (SSSR count). The van der Waals surface area contributed by atoms with Crippen molar-refractivity contribution < 1.29 is 4.79 Å². The van der Waals surface area contributed by atoms with E-state index in [0.717, 1.165) is 67.1 Å². The van der Waals surface area contributed by atoms with Gasteiger partial charge in [0, 0.05) is 49.7 Å². The van der Waals surface area contributed by atoms with Gasteiger partial charge < -0.3 is 15.5 Å². The van der Waals surface area contributed by atoms with Crippen LogP contribution in [0.15, 0.2) is 48.9 Å². The third-order valence-corrected chi connectivity index (χ3v) is 6.25. The van der Waals surface area contributed by atoms with E-state index in [4.69, 9.17) is 0 Å². The highest BCUT2D eigenvalue weighted by atomic mass is 16.2. The number of carbonyl (C=O) groups excluding carboxylic acids is 1. The number of rotatable bonds is 2. The number of carbonyl (C=O) groups is 1. The largest absolute Gasteiger partial charge is 0.366 e. The molecule has 2 N–H and O–H groups in total. The van der Waals surface area contributed by atoms with Crippen molar-refractivity contribution in [3.05, 3.63) is 65.6 Å². The summed E-state index contributed by atoms with van der Waals surface area (Å²) in [5, 5.41) is 11.3. The number of fused-ring (bicyclic) bond motifs is 2. The third kappa shape index (κ3) is 2.73. The van der Waals surface area contributed by atoms with E-state index < -0.39 is 0 Å². The smallest absolute Gasteiger partial charge is 0.257 e. The van der Waals surface area contributed by atoms with Gasteiger partial charge in [-0.3, -0.25) is 4.79 Å². The lowest BCUT2D eigenvalue weighted by molar-refractivity contribution is 0.0693. The van der Waals surface area contributed by atoms with Crippen LogP contribution in [0.25, 0.3) is 11.1 Å². The molecule has 1 aliphatic carbocycles. The second-order valence-corrected chi connectivity index (χ2v) is 8.14. The van der Waals surface area contributed by atoms with Gasteiger partial charge in [0.05, 0.1) is 17.3 Å². The lowest BCUT2D eigenvalue weighted by Crippen LogP contribution is -2.54. The highest BCUT2D eigenvalue weighted by Crippen LogP contribution is 2.38. The molecule has 1 saturated carbocycles. The van der Waals surface area contributed by atoms with Crippen LogP contribution in [0.5, 0.6) is 0 Å². The second-order valence-electron chi connectivity index (χ2n) is 8.14. The van der Waals surface area contributed by atoms with Gasteiger partial charge >= 0.3 is 0 Å². The Labute approximate surface area is 168 Å². The van der Waals surface area contributed by atoms with Crippen LogP contribution in [0, 0.1) is 0 Å². The molecule has 7 nitrogen and oxygen atoms in total. The molecule has 2 fully saturated rings. The quantitative estimate of drug-likeness (QED) is 0.706. The molecule has 2 aliphatic heterocycles. The monoisotopic (exact) mass is 386 g/mol. The zero-order valence-corrected chi connectivity index (χ0v) is 16.1. The Morgan fingerprint density at radius 3 is 3.07 bits per heavy atom. The molecule has 29 heavy (non-hydrogen) atoms. The standard InChI is InChI=1S/C22H22N6O/c29-21(27-11-9-25-22(14-27)5-6-22)18-13-26-28-10-4-15(12-19(18)28)16-3-8-24-20-17(16)2-1-7-23-20/h1-4,7,10,12-13,25H,5-6,8-9,11,14H2,(H,23,24). The zero-order chi connectivity index (χ0) is 19.4. The number of piperazine rings is 1. The van der Waals surface area contributed by atoms with Crippen molar-refractivity contribution in [2.24, 2.45) is 0 Å². The lowest BCUT2D eigenvalue weighted by atomic mass is 9.96. The minimum atomic E-state index is 0.0753. The summed E-state index contributed by atoms with van der Waals surface area (Å²) in [5.74, 6) is 0.969. The number of anilines is 1. The molecule has 0 unspecified atom stereocenters.